The number of aliphatic carboxylic acids is 1. The number of hydrogen-bond donors (Lipinski definition) is 1. The third kappa shape index (κ3) is 5.40. The highest BCUT2D eigenvalue weighted by atomic mass is 16.5. The first-order valence-corrected chi connectivity index (χ1v) is 14.4. The average Bonchev–Trinajstić information content (AvgIpc) is 3.03. The third-order valence-corrected chi connectivity index (χ3v) is 8.44. The molecule has 0 atom stereocenters. The molecule has 0 radical (unpaired) electrons. The molecule has 0 amide bonds. The lowest BCUT2D eigenvalue weighted by Crippen LogP contribution is -2.45. The van der Waals surface area contributed by atoms with Crippen LogP contribution in [0.3, 0.4) is 0 Å². The van der Waals surface area contributed by atoms with E-state index in [0.717, 1.165) is 55.8 Å². The fourth-order valence-corrected chi connectivity index (χ4v) is 6.03. The Morgan fingerprint density at radius 3 is 1.51 bits per heavy atom. The first-order valence-electron chi connectivity index (χ1n) is 14.4. The van der Waals surface area contributed by atoms with Crippen molar-refractivity contribution < 1.29 is 19.4 Å². The Kier molecular flexibility index (Phi) is 6.95. The van der Waals surface area contributed by atoms with Crippen LogP contribution in [-0.4, -0.2) is 21.0 Å². The Morgan fingerprint density at radius 2 is 1.07 bits per heavy atom. The molecule has 0 spiro atoms. The largest absolute Gasteiger partial charge is 0.487 e. The molecular weight excluding hydrogens is 536 g/mol. The van der Waals surface area contributed by atoms with E-state index in [1.165, 1.54) is 0 Å². The molecule has 0 saturated heterocycles. The highest BCUT2D eigenvalue weighted by Crippen LogP contribution is 2.53. The number of benzene rings is 4. The maximum absolute atomic E-state index is 11.8. The lowest BCUT2D eigenvalue weighted by Gasteiger charge is -2.47. The summed E-state index contributed by atoms with van der Waals surface area (Å²) in [5, 5.41) is 11.9. The van der Waals surface area contributed by atoms with Gasteiger partial charge in [-0.1, -0.05) is 72.8 Å². The zero-order chi connectivity index (χ0) is 29.2. The second kappa shape index (κ2) is 11.2. The molecule has 1 fully saturated rings. The van der Waals surface area contributed by atoms with Crippen LogP contribution >= 0.6 is 0 Å². The summed E-state index contributed by atoms with van der Waals surface area (Å²) in [6.07, 6.45) is 1.09. The van der Waals surface area contributed by atoms with Crippen LogP contribution < -0.4 is 9.47 Å². The molecule has 6 aromatic rings. The molecule has 2 heterocycles. The molecule has 0 unspecified atom stereocenters. The van der Waals surface area contributed by atoms with Crippen molar-refractivity contribution in [1.29, 1.82) is 0 Å². The summed E-state index contributed by atoms with van der Waals surface area (Å²) in [4.78, 5) is 21.2. The molecule has 2 aromatic heterocycles. The van der Waals surface area contributed by atoms with Crippen LogP contribution in [0.1, 0.15) is 35.4 Å². The average molecular weight is 567 g/mol. The number of carboxylic acid groups (broad SMARTS) is 1. The van der Waals surface area contributed by atoms with Crippen molar-refractivity contribution in [3.63, 3.8) is 0 Å². The zero-order valence-corrected chi connectivity index (χ0v) is 23.5. The molecule has 0 aliphatic heterocycles. The van der Waals surface area contributed by atoms with Crippen LogP contribution in [0.5, 0.6) is 11.5 Å². The highest BCUT2D eigenvalue weighted by Gasteiger charge is 2.49. The summed E-state index contributed by atoms with van der Waals surface area (Å²) in [6.45, 7) is 0.735. The third-order valence-electron chi connectivity index (χ3n) is 8.44. The Morgan fingerprint density at radius 1 is 0.628 bits per heavy atom. The molecule has 1 aliphatic rings. The summed E-state index contributed by atoms with van der Waals surface area (Å²) in [6, 6.07) is 40.2. The highest BCUT2D eigenvalue weighted by molar-refractivity contribution is 5.79. The molecule has 7 rings (SSSR count). The Labute approximate surface area is 249 Å². The van der Waals surface area contributed by atoms with Gasteiger partial charge < -0.3 is 14.6 Å². The molecule has 1 aliphatic carbocycles. The van der Waals surface area contributed by atoms with Crippen molar-refractivity contribution >= 4 is 27.8 Å². The van der Waals surface area contributed by atoms with Gasteiger partial charge in [-0.3, -0.25) is 4.79 Å². The number of rotatable bonds is 9. The first-order chi connectivity index (χ1) is 21.1. The summed E-state index contributed by atoms with van der Waals surface area (Å²) < 4.78 is 12.1. The molecule has 43 heavy (non-hydrogen) atoms. The second-order valence-electron chi connectivity index (χ2n) is 11.1. The quantitative estimate of drug-likeness (QED) is 0.193. The fraction of sp³-hybridized carbons (Fsp3) is 0.162. The second-order valence-corrected chi connectivity index (χ2v) is 11.1. The number of ether oxygens (including phenoxy) is 2. The predicted molar refractivity (Wildman–Crippen MR) is 166 cm³/mol. The normalized spacial score (nSPS) is 14.3. The van der Waals surface area contributed by atoms with Gasteiger partial charge in [0.1, 0.15) is 24.7 Å². The van der Waals surface area contributed by atoms with E-state index in [4.69, 9.17) is 9.47 Å². The van der Waals surface area contributed by atoms with E-state index in [2.05, 4.69) is 46.4 Å². The smallest absolute Gasteiger partial charge is 0.306 e. The van der Waals surface area contributed by atoms with Gasteiger partial charge >= 0.3 is 5.97 Å². The number of pyridine rings is 2. The van der Waals surface area contributed by atoms with E-state index in [1.54, 1.807) is 0 Å². The van der Waals surface area contributed by atoms with Gasteiger partial charge in [-0.05, 0) is 72.5 Å². The monoisotopic (exact) mass is 566 g/mol. The minimum Gasteiger partial charge on any atom is -0.487 e. The van der Waals surface area contributed by atoms with Crippen LogP contribution in [0.15, 0.2) is 121 Å². The molecule has 0 bridgehead atoms. The Balaban J connectivity index is 1.05. The molecule has 6 nitrogen and oxygen atoms in total. The summed E-state index contributed by atoms with van der Waals surface area (Å²) in [7, 11) is 0. The summed E-state index contributed by atoms with van der Waals surface area (Å²) in [5.41, 5.74) is 5.40. The molecule has 4 aromatic carbocycles. The fourth-order valence-electron chi connectivity index (χ4n) is 6.03. The first kappa shape index (κ1) is 26.7. The van der Waals surface area contributed by atoms with E-state index < -0.39 is 5.97 Å². The minimum absolute atomic E-state index is 0.368. The number of carboxylic acids is 1. The molecular formula is C37H30N2O4. The van der Waals surface area contributed by atoms with Crippen molar-refractivity contribution in [2.45, 2.75) is 31.5 Å². The molecule has 1 saturated carbocycles. The van der Waals surface area contributed by atoms with Crippen molar-refractivity contribution in [2.75, 3.05) is 0 Å². The number of carbonyl (C=O) groups is 1. The Bertz CT molecular complexity index is 1780. The maximum Gasteiger partial charge on any atom is 0.306 e. The van der Waals surface area contributed by atoms with Gasteiger partial charge in [0, 0.05) is 16.2 Å². The topological polar surface area (TPSA) is 81.5 Å². The van der Waals surface area contributed by atoms with Gasteiger partial charge in [0.15, 0.2) is 0 Å². The number of aromatic nitrogens is 2. The van der Waals surface area contributed by atoms with Crippen molar-refractivity contribution in [1.82, 2.24) is 9.97 Å². The number of hydrogen-bond acceptors (Lipinski definition) is 5. The van der Waals surface area contributed by atoms with E-state index in [-0.39, 0.29) is 11.3 Å². The van der Waals surface area contributed by atoms with Crippen molar-refractivity contribution in [2.24, 2.45) is 5.92 Å². The van der Waals surface area contributed by atoms with Gasteiger partial charge in [-0.2, -0.15) is 0 Å². The van der Waals surface area contributed by atoms with Gasteiger partial charge in [0.05, 0.1) is 28.3 Å². The molecule has 1 N–H and O–H groups in total. The molecule has 212 valence electrons. The minimum atomic E-state index is -0.749. The number of nitrogens with zero attached hydrogens (tertiary/aromatic N) is 2. The number of fused-ring (bicyclic) bond motifs is 2. The van der Waals surface area contributed by atoms with E-state index in [9.17, 15) is 9.90 Å². The molecule has 6 heteroatoms. The van der Waals surface area contributed by atoms with E-state index in [0.29, 0.717) is 26.1 Å². The van der Waals surface area contributed by atoms with Crippen LogP contribution in [0.2, 0.25) is 0 Å². The van der Waals surface area contributed by atoms with Crippen LogP contribution in [0.25, 0.3) is 21.8 Å². The number of para-hydroxylation sites is 2. The predicted octanol–water partition coefficient (Wildman–Crippen LogP) is 7.72. The Hall–Kier alpha value is -5.23. The van der Waals surface area contributed by atoms with Gasteiger partial charge in [0.2, 0.25) is 0 Å². The van der Waals surface area contributed by atoms with E-state index >= 15 is 0 Å². The lowest BCUT2D eigenvalue weighted by molar-refractivity contribution is -0.146. The van der Waals surface area contributed by atoms with Crippen molar-refractivity contribution in [3.05, 3.63) is 144 Å². The van der Waals surface area contributed by atoms with Gasteiger partial charge in [0.25, 0.3) is 0 Å². The van der Waals surface area contributed by atoms with Crippen molar-refractivity contribution in [3.8, 4) is 11.5 Å². The van der Waals surface area contributed by atoms with Crippen LogP contribution in [0, 0.1) is 5.92 Å². The van der Waals surface area contributed by atoms with Crippen LogP contribution in [0.4, 0.5) is 0 Å². The van der Waals surface area contributed by atoms with Gasteiger partial charge in [-0.25, -0.2) is 9.97 Å². The van der Waals surface area contributed by atoms with Gasteiger partial charge in [-0.15, -0.1) is 0 Å². The lowest BCUT2D eigenvalue weighted by atomic mass is 9.55. The maximum atomic E-state index is 11.8. The SMILES string of the molecule is O=C(O)C1CC(c2ccc(OCc3ccc4ccccc4n3)cc2)(c2ccc(OCc3ccc4ccccc4n3)cc2)C1. The summed E-state index contributed by atoms with van der Waals surface area (Å²) >= 11 is 0. The summed E-state index contributed by atoms with van der Waals surface area (Å²) in [5.74, 6) is 0.370. The van der Waals surface area contributed by atoms with Crippen LogP contribution in [-0.2, 0) is 23.4 Å². The standard InChI is InChI=1S/C37H30N2O4/c40-36(41)27-21-37(22-27,28-11-17-32(18-12-28)42-23-30-15-9-25-5-1-3-7-34(25)38-30)29-13-19-33(20-14-29)43-24-31-16-10-26-6-2-4-8-35(26)39-31/h1-20,27H,21-24H2,(H,40,41). The van der Waals surface area contributed by atoms with E-state index in [1.807, 2.05) is 84.9 Å². The zero-order valence-electron chi connectivity index (χ0n) is 23.5.